The molecular formula is C9H8BrF3O3S. The molecule has 1 rings (SSSR count). The minimum atomic E-state index is -5.57. The maximum absolute atomic E-state index is 12.1. The lowest BCUT2D eigenvalue weighted by molar-refractivity contribution is -0.0569. The Balaban J connectivity index is 2.87. The molecule has 0 aliphatic carbocycles. The van der Waals surface area contributed by atoms with Gasteiger partial charge in [-0.05, 0) is 24.6 Å². The predicted octanol–water partition coefficient (Wildman–Crippen LogP) is 3.38. The lowest BCUT2D eigenvalue weighted by Crippen LogP contribution is -2.26. The smallest absolute Gasteiger partial charge is 0.255 e. The fourth-order valence-corrected chi connectivity index (χ4v) is 1.90. The summed E-state index contributed by atoms with van der Waals surface area (Å²) in [6.07, 6.45) is -1.20. The van der Waals surface area contributed by atoms with Crippen LogP contribution in [0, 0.1) is 0 Å². The van der Waals surface area contributed by atoms with Crippen molar-refractivity contribution in [3.8, 4) is 0 Å². The van der Waals surface area contributed by atoms with Gasteiger partial charge in [-0.2, -0.15) is 21.6 Å². The average Bonchev–Trinajstić information content (AvgIpc) is 2.16. The first-order chi connectivity index (χ1) is 7.63. The van der Waals surface area contributed by atoms with Crippen LogP contribution in [0.3, 0.4) is 0 Å². The molecule has 0 spiro atoms. The highest BCUT2D eigenvalue weighted by Crippen LogP contribution is 2.30. The van der Waals surface area contributed by atoms with Gasteiger partial charge in [0.1, 0.15) is 0 Å². The van der Waals surface area contributed by atoms with Gasteiger partial charge in [0.15, 0.2) is 0 Å². The molecule has 0 bridgehead atoms. The van der Waals surface area contributed by atoms with E-state index in [9.17, 15) is 21.6 Å². The van der Waals surface area contributed by atoms with Crippen molar-refractivity contribution < 1.29 is 25.8 Å². The summed E-state index contributed by atoms with van der Waals surface area (Å²) in [5, 5.41) is 0. The molecule has 1 aromatic rings. The van der Waals surface area contributed by atoms with Crippen molar-refractivity contribution in [1.29, 1.82) is 0 Å². The van der Waals surface area contributed by atoms with E-state index >= 15 is 0 Å². The highest BCUT2D eigenvalue weighted by molar-refractivity contribution is 9.10. The maximum atomic E-state index is 12.1. The first-order valence-electron chi connectivity index (χ1n) is 4.38. The van der Waals surface area contributed by atoms with E-state index in [2.05, 4.69) is 20.1 Å². The summed E-state index contributed by atoms with van der Waals surface area (Å²) in [6, 6.07) is 6.10. The number of hydrogen-bond acceptors (Lipinski definition) is 3. The van der Waals surface area contributed by atoms with E-state index in [1.807, 2.05) is 0 Å². The second-order valence-electron chi connectivity index (χ2n) is 3.19. The summed E-state index contributed by atoms with van der Waals surface area (Å²) in [4.78, 5) is 0. The molecule has 0 amide bonds. The van der Waals surface area contributed by atoms with E-state index in [1.165, 1.54) is 19.1 Å². The Morgan fingerprint density at radius 3 is 2.12 bits per heavy atom. The Labute approximate surface area is 105 Å². The molecule has 0 saturated carbocycles. The molecule has 96 valence electrons. The van der Waals surface area contributed by atoms with Crippen LogP contribution in [0.4, 0.5) is 13.2 Å². The molecular weight excluding hydrogens is 325 g/mol. The van der Waals surface area contributed by atoms with Crippen LogP contribution in [-0.2, 0) is 14.3 Å². The summed E-state index contributed by atoms with van der Waals surface area (Å²) in [5.74, 6) is 0. The van der Waals surface area contributed by atoms with Gasteiger partial charge in [0.25, 0.3) is 0 Å². The van der Waals surface area contributed by atoms with Crippen LogP contribution in [0.25, 0.3) is 0 Å². The lowest BCUT2D eigenvalue weighted by Gasteiger charge is -2.14. The molecule has 0 aliphatic heterocycles. The van der Waals surface area contributed by atoms with E-state index < -0.39 is 21.7 Å². The molecule has 0 aliphatic rings. The van der Waals surface area contributed by atoms with Gasteiger partial charge in [0.2, 0.25) is 0 Å². The lowest BCUT2D eigenvalue weighted by atomic mass is 10.1. The Morgan fingerprint density at radius 1 is 1.24 bits per heavy atom. The molecule has 0 heterocycles. The number of rotatable bonds is 3. The minimum absolute atomic E-state index is 0.334. The van der Waals surface area contributed by atoms with Gasteiger partial charge in [-0.15, -0.1) is 0 Å². The van der Waals surface area contributed by atoms with Gasteiger partial charge in [-0.1, -0.05) is 28.1 Å². The Bertz CT molecular complexity index is 481. The van der Waals surface area contributed by atoms with Crippen molar-refractivity contribution in [3.63, 3.8) is 0 Å². The standard InChI is InChI=1S/C9H8BrF3O3S/c1-6(7-2-4-8(10)5-3-7)16-17(14,15)9(11,12)13/h2-6H,1H3. The largest absolute Gasteiger partial charge is 0.523 e. The first-order valence-corrected chi connectivity index (χ1v) is 6.58. The fraction of sp³-hybridized carbons (Fsp3) is 0.333. The molecule has 0 aromatic heterocycles. The van der Waals surface area contributed by atoms with E-state index in [-0.39, 0.29) is 0 Å². The van der Waals surface area contributed by atoms with Gasteiger partial charge >= 0.3 is 15.6 Å². The molecule has 0 saturated heterocycles. The van der Waals surface area contributed by atoms with Crippen molar-refractivity contribution in [2.45, 2.75) is 18.5 Å². The van der Waals surface area contributed by atoms with Crippen LogP contribution < -0.4 is 0 Å². The third-order valence-corrected chi connectivity index (χ3v) is 3.53. The topological polar surface area (TPSA) is 43.4 Å². The summed E-state index contributed by atoms with van der Waals surface area (Å²) in [5.41, 5.74) is -5.07. The first kappa shape index (κ1) is 14.5. The van der Waals surface area contributed by atoms with Crippen molar-refractivity contribution in [2.75, 3.05) is 0 Å². The number of hydrogen-bond donors (Lipinski definition) is 0. The van der Waals surface area contributed by atoms with Gasteiger partial charge in [0.05, 0.1) is 6.10 Å². The normalized spacial score (nSPS) is 14.6. The Hall–Kier alpha value is -0.600. The molecule has 1 aromatic carbocycles. The molecule has 1 atom stereocenters. The zero-order valence-electron chi connectivity index (χ0n) is 8.53. The number of alkyl halides is 3. The molecule has 1 unspecified atom stereocenters. The van der Waals surface area contributed by atoms with Crippen molar-refractivity contribution in [2.24, 2.45) is 0 Å². The average molecular weight is 333 g/mol. The second kappa shape index (κ2) is 4.95. The van der Waals surface area contributed by atoms with E-state index in [0.29, 0.717) is 5.56 Å². The fourth-order valence-electron chi connectivity index (χ4n) is 1.03. The van der Waals surface area contributed by atoms with Crippen LogP contribution in [0.2, 0.25) is 0 Å². The number of halogens is 4. The third-order valence-electron chi connectivity index (χ3n) is 1.89. The molecule has 0 radical (unpaired) electrons. The zero-order chi connectivity index (χ0) is 13.3. The molecule has 3 nitrogen and oxygen atoms in total. The van der Waals surface area contributed by atoms with Crippen LogP contribution >= 0.6 is 15.9 Å². The van der Waals surface area contributed by atoms with Gasteiger partial charge in [-0.25, -0.2) is 0 Å². The summed E-state index contributed by atoms with van der Waals surface area (Å²) in [6.45, 7) is 1.23. The second-order valence-corrected chi connectivity index (χ2v) is 5.67. The van der Waals surface area contributed by atoms with E-state index in [0.717, 1.165) is 4.47 Å². The molecule has 0 N–H and O–H groups in total. The Kier molecular flexibility index (Phi) is 4.21. The maximum Gasteiger partial charge on any atom is 0.523 e. The van der Waals surface area contributed by atoms with Crippen molar-refractivity contribution in [3.05, 3.63) is 34.3 Å². The summed E-state index contributed by atoms with van der Waals surface area (Å²) >= 11 is 3.15. The highest BCUT2D eigenvalue weighted by atomic mass is 79.9. The molecule has 0 fully saturated rings. The highest BCUT2D eigenvalue weighted by Gasteiger charge is 2.48. The predicted molar refractivity (Wildman–Crippen MR) is 58.6 cm³/mol. The minimum Gasteiger partial charge on any atom is -0.255 e. The van der Waals surface area contributed by atoms with Gasteiger partial charge < -0.3 is 0 Å². The summed E-state index contributed by atoms with van der Waals surface area (Å²) in [7, 11) is -5.57. The monoisotopic (exact) mass is 332 g/mol. The van der Waals surface area contributed by atoms with Crippen molar-refractivity contribution in [1.82, 2.24) is 0 Å². The SMILES string of the molecule is CC(OS(=O)(=O)C(F)(F)F)c1ccc(Br)cc1. The van der Waals surface area contributed by atoms with E-state index in [1.54, 1.807) is 12.1 Å². The summed E-state index contributed by atoms with van der Waals surface area (Å²) < 4.78 is 62.4. The quantitative estimate of drug-likeness (QED) is 0.629. The molecule has 17 heavy (non-hydrogen) atoms. The third kappa shape index (κ3) is 3.68. The van der Waals surface area contributed by atoms with Crippen LogP contribution in [0.1, 0.15) is 18.6 Å². The number of benzene rings is 1. The zero-order valence-corrected chi connectivity index (χ0v) is 10.9. The van der Waals surface area contributed by atoms with Gasteiger partial charge in [-0.3, -0.25) is 4.18 Å². The van der Waals surface area contributed by atoms with Crippen LogP contribution in [0.15, 0.2) is 28.7 Å². The molecule has 8 heteroatoms. The van der Waals surface area contributed by atoms with Gasteiger partial charge in [0, 0.05) is 4.47 Å². The van der Waals surface area contributed by atoms with Crippen LogP contribution in [0.5, 0.6) is 0 Å². The Morgan fingerprint density at radius 2 is 1.71 bits per heavy atom. The van der Waals surface area contributed by atoms with E-state index in [4.69, 9.17) is 0 Å². The van der Waals surface area contributed by atoms with Crippen molar-refractivity contribution >= 4 is 26.0 Å². The van der Waals surface area contributed by atoms with Crippen LogP contribution in [-0.4, -0.2) is 13.9 Å².